The summed E-state index contributed by atoms with van der Waals surface area (Å²) in [5.41, 5.74) is 6.25. The fourth-order valence-corrected chi connectivity index (χ4v) is 1.88. The van der Waals surface area contributed by atoms with Gasteiger partial charge in [0.25, 0.3) is 5.91 Å². The highest BCUT2D eigenvalue weighted by Crippen LogP contribution is 2.04. The number of carbonyl (C=O) groups excluding carboxylic acids is 1. The van der Waals surface area contributed by atoms with E-state index in [4.69, 9.17) is 5.73 Å². The minimum atomic E-state index is -0.246. The number of hydrogen-bond acceptors (Lipinski definition) is 4. The second-order valence-corrected chi connectivity index (χ2v) is 4.54. The number of amides is 1. The lowest BCUT2D eigenvalue weighted by Crippen LogP contribution is -2.36. The maximum absolute atomic E-state index is 12.3. The molecule has 0 saturated heterocycles. The van der Waals surface area contributed by atoms with Crippen LogP contribution in [0, 0.1) is 11.8 Å². The van der Waals surface area contributed by atoms with E-state index in [1.807, 2.05) is 17.7 Å². The van der Waals surface area contributed by atoms with E-state index in [9.17, 15) is 4.79 Å². The van der Waals surface area contributed by atoms with E-state index < -0.39 is 0 Å². The van der Waals surface area contributed by atoms with Crippen LogP contribution in [-0.2, 0) is 6.54 Å². The zero-order valence-electron chi connectivity index (χ0n) is 11.8. The van der Waals surface area contributed by atoms with Crippen LogP contribution in [0.4, 0.5) is 0 Å². The Balaban J connectivity index is 2.06. The Morgan fingerprint density at radius 2 is 2.38 bits per heavy atom. The summed E-state index contributed by atoms with van der Waals surface area (Å²) in [6.07, 6.45) is 6.83. The minimum Gasteiger partial charge on any atom is -0.346 e. The van der Waals surface area contributed by atoms with Gasteiger partial charge >= 0.3 is 0 Å². The number of nitrogens with two attached hydrogens (primary N) is 1. The average molecular weight is 283 g/mol. The Hall–Kier alpha value is -2.65. The van der Waals surface area contributed by atoms with Crippen LogP contribution in [0.15, 0.2) is 37.1 Å². The number of rotatable bonds is 4. The van der Waals surface area contributed by atoms with Crippen LogP contribution in [-0.4, -0.2) is 33.0 Å². The molecule has 2 heterocycles. The van der Waals surface area contributed by atoms with Gasteiger partial charge in [-0.05, 0) is 19.1 Å². The molecule has 6 heteroatoms. The monoisotopic (exact) mass is 283 g/mol. The zero-order chi connectivity index (χ0) is 15.1. The van der Waals surface area contributed by atoms with E-state index in [1.165, 1.54) is 0 Å². The van der Waals surface area contributed by atoms with Crippen LogP contribution in [0.1, 0.15) is 23.0 Å². The smallest absolute Gasteiger partial charge is 0.271 e. The van der Waals surface area contributed by atoms with Crippen molar-refractivity contribution in [2.75, 3.05) is 6.54 Å². The number of pyridine rings is 1. The summed E-state index contributed by atoms with van der Waals surface area (Å²) in [5.74, 6) is 5.35. The second-order valence-electron chi connectivity index (χ2n) is 4.54. The molecule has 0 spiro atoms. The molecule has 2 aromatic heterocycles. The average Bonchev–Trinajstić information content (AvgIpc) is 2.98. The quantitative estimate of drug-likeness (QED) is 0.796. The SMILES string of the molecule is CC(Cn1ccnc1)NC(=O)c1ncccc1C#CCN. The summed E-state index contributed by atoms with van der Waals surface area (Å²) in [5, 5.41) is 2.90. The minimum absolute atomic E-state index is 0.0518. The van der Waals surface area contributed by atoms with E-state index in [0.29, 0.717) is 17.8 Å². The van der Waals surface area contributed by atoms with Crippen molar-refractivity contribution in [1.29, 1.82) is 0 Å². The summed E-state index contributed by atoms with van der Waals surface area (Å²) in [4.78, 5) is 20.3. The normalized spacial score (nSPS) is 11.3. The molecule has 2 aromatic rings. The molecule has 1 unspecified atom stereocenters. The van der Waals surface area contributed by atoms with Gasteiger partial charge in [0.05, 0.1) is 18.4 Å². The van der Waals surface area contributed by atoms with Gasteiger partial charge < -0.3 is 15.6 Å². The van der Waals surface area contributed by atoms with Crippen LogP contribution in [0.2, 0.25) is 0 Å². The first-order chi connectivity index (χ1) is 10.2. The molecule has 0 saturated carbocycles. The zero-order valence-corrected chi connectivity index (χ0v) is 11.8. The fourth-order valence-electron chi connectivity index (χ4n) is 1.88. The van der Waals surface area contributed by atoms with Crippen molar-refractivity contribution in [3.63, 3.8) is 0 Å². The summed E-state index contributed by atoms with van der Waals surface area (Å²) < 4.78 is 1.90. The van der Waals surface area contributed by atoms with Gasteiger partial charge in [-0.2, -0.15) is 0 Å². The van der Waals surface area contributed by atoms with Crippen molar-refractivity contribution >= 4 is 5.91 Å². The molecule has 108 valence electrons. The molecule has 0 fully saturated rings. The molecule has 21 heavy (non-hydrogen) atoms. The van der Waals surface area contributed by atoms with E-state index in [-0.39, 0.29) is 18.5 Å². The predicted molar refractivity (Wildman–Crippen MR) is 79.3 cm³/mol. The third-order valence-corrected chi connectivity index (χ3v) is 2.77. The standard InChI is InChI=1S/C15H17N5O/c1-12(10-20-9-8-17-11-20)19-15(21)14-13(4-2-6-16)5-3-7-18-14/h3,5,7-9,11-12H,6,10,16H2,1H3,(H,19,21). The number of nitrogens with one attached hydrogen (secondary N) is 1. The third-order valence-electron chi connectivity index (χ3n) is 2.77. The highest BCUT2D eigenvalue weighted by molar-refractivity contribution is 5.94. The topological polar surface area (TPSA) is 85.8 Å². The molecular weight excluding hydrogens is 266 g/mol. The summed E-state index contributed by atoms with van der Waals surface area (Å²) in [6, 6.07) is 3.45. The van der Waals surface area contributed by atoms with E-state index >= 15 is 0 Å². The van der Waals surface area contributed by atoms with Gasteiger partial charge in [0, 0.05) is 31.2 Å². The molecule has 0 aliphatic carbocycles. The van der Waals surface area contributed by atoms with Gasteiger partial charge in [-0.3, -0.25) is 4.79 Å². The Kier molecular flexibility index (Phi) is 5.07. The van der Waals surface area contributed by atoms with Gasteiger partial charge in [0.2, 0.25) is 0 Å². The molecule has 0 radical (unpaired) electrons. The van der Waals surface area contributed by atoms with Crippen LogP contribution in [0.5, 0.6) is 0 Å². The van der Waals surface area contributed by atoms with E-state index in [1.54, 1.807) is 30.9 Å². The van der Waals surface area contributed by atoms with Crippen LogP contribution in [0.3, 0.4) is 0 Å². The Morgan fingerprint density at radius 3 is 3.10 bits per heavy atom. The van der Waals surface area contributed by atoms with Crippen molar-refractivity contribution in [2.45, 2.75) is 19.5 Å². The van der Waals surface area contributed by atoms with Crippen molar-refractivity contribution < 1.29 is 4.79 Å². The summed E-state index contributed by atoms with van der Waals surface area (Å²) in [7, 11) is 0. The van der Waals surface area contributed by atoms with Gasteiger partial charge in [0.15, 0.2) is 0 Å². The fraction of sp³-hybridized carbons (Fsp3) is 0.267. The Labute approximate surface area is 123 Å². The molecule has 3 N–H and O–H groups in total. The highest BCUT2D eigenvalue weighted by atomic mass is 16.1. The van der Waals surface area contributed by atoms with Crippen molar-refractivity contribution in [2.24, 2.45) is 5.73 Å². The van der Waals surface area contributed by atoms with Gasteiger partial charge in [0.1, 0.15) is 5.69 Å². The lowest BCUT2D eigenvalue weighted by atomic mass is 10.1. The second kappa shape index (κ2) is 7.22. The lowest BCUT2D eigenvalue weighted by Gasteiger charge is -2.14. The number of imidazole rings is 1. The Morgan fingerprint density at radius 1 is 1.52 bits per heavy atom. The molecule has 6 nitrogen and oxygen atoms in total. The van der Waals surface area contributed by atoms with E-state index in [0.717, 1.165) is 0 Å². The number of hydrogen-bond donors (Lipinski definition) is 2. The number of nitrogens with zero attached hydrogens (tertiary/aromatic N) is 3. The largest absolute Gasteiger partial charge is 0.346 e. The van der Waals surface area contributed by atoms with Crippen molar-refractivity contribution in [3.05, 3.63) is 48.3 Å². The van der Waals surface area contributed by atoms with E-state index in [2.05, 4.69) is 27.1 Å². The van der Waals surface area contributed by atoms with Gasteiger partial charge in [-0.15, -0.1) is 0 Å². The molecule has 0 aromatic carbocycles. The van der Waals surface area contributed by atoms with Crippen LogP contribution >= 0.6 is 0 Å². The molecule has 1 amide bonds. The van der Waals surface area contributed by atoms with Crippen LogP contribution in [0.25, 0.3) is 0 Å². The maximum atomic E-state index is 12.3. The summed E-state index contributed by atoms with van der Waals surface area (Å²) >= 11 is 0. The molecule has 1 atom stereocenters. The van der Waals surface area contributed by atoms with Gasteiger partial charge in [-0.25, -0.2) is 9.97 Å². The first-order valence-electron chi connectivity index (χ1n) is 6.61. The first kappa shape index (κ1) is 14.8. The molecule has 0 aliphatic rings. The summed E-state index contributed by atoms with van der Waals surface area (Å²) in [6.45, 7) is 2.81. The maximum Gasteiger partial charge on any atom is 0.271 e. The number of aromatic nitrogens is 3. The molecule has 0 bridgehead atoms. The third kappa shape index (κ3) is 4.16. The van der Waals surface area contributed by atoms with Crippen molar-refractivity contribution in [1.82, 2.24) is 19.9 Å². The predicted octanol–water partition coefficient (Wildman–Crippen LogP) is 0.407. The highest BCUT2D eigenvalue weighted by Gasteiger charge is 2.14. The lowest BCUT2D eigenvalue weighted by molar-refractivity contribution is 0.0931. The Bertz CT molecular complexity index is 654. The molecular formula is C15H17N5O. The van der Waals surface area contributed by atoms with Crippen molar-refractivity contribution in [3.8, 4) is 11.8 Å². The first-order valence-corrected chi connectivity index (χ1v) is 6.61. The molecule has 0 aliphatic heterocycles. The van der Waals surface area contributed by atoms with Gasteiger partial charge in [-0.1, -0.05) is 11.8 Å². The van der Waals surface area contributed by atoms with Crippen LogP contribution < -0.4 is 11.1 Å². The molecule has 2 rings (SSSR count). The number of carbonyl (C=O) groups is 1.